The van der Waals surface area contributed by atoms with Crippen molar-refractivity contribution in [2.24, 2.45) is 0 Å². The molecule has 180 valence electrons. The monoisotopic (exact) mass is 489 g/mol. The Hall–Kier alpha value is -3.91. The molecule has 0 spiro atoms. The van der Waals surface area contributed by atoms with Gasteiger partial charge < -0.3 is 19.7 Å². The summed E-state index contributed by atoms with van der Waals surface area (Å²) >= 11 is 5.26. The summed E-state index contributed by atoms with van der Waals surface area (Å²) in [5, 5.41) is 5.81. The van der Waals surface area contributed by atoms with Crippen LogP contribution in [0.25, 0.3) is 0 Å². The highest BCUT2D eigenvalue weighted by Crippen LogP contribution is 2.16. The van der Waals surface area contributed by atoms with Gasteiger partial charge in [-0.25, -0.2) is 0 Å². The predicted molar refractivity (Wildman–Crippen MR) is 139 cm³/mol. The first-order valence-corrected chi connectivity index (χ1v) is 11.9. The van der Waals surface area contributed by atoms with Crippen molar-refractivity contribution in [1.29, 1.82) is 0 Å². The zero-order valence-electron chi connectivity index (χ0n) is 19.2. The number of anilines is 1. The molecule has 1 aliphatic heterocycles. The fourth-order valence-corrected chi connectivity index (χ4v) is 3.89. The number of carbonyl (C=O) groups is 2. The number of thiocarbonyl (C=S) groups is 1. The number of rotatable bonds is 8. The fraction of sp³-hybridized carbons (Fsp3) is 0.222. The third-order valence-corrected chi connectivity index (χ3v) is 5.69. The molecule has 3 aromatic rings. The van der Waals surface area contributed by atoms with Crippen molar-refractivity contribution in [1.82, 2.24) is 10.2 Å². The number of hydrogen-bond donors (Lipinski definition) is 2. The first-order chi connectivity index (χ1) is 17.1. The quantitative estimate of drug-likeness (QED) is 0.358. The van der Waals surface area contributed by atoms with Crippen LogP contribution in [-0.2, 0) is 0 Å². The van der Waals surface area contributed by atoms with E-state index in [2.05, 4.69) is 10.6 Å². The molecule has 2 N–H and O–H groups in total. The Labute approximate surface area is 210 Å². The van der Waals surface area contributed by atoms with E-state index < -0.39 is 0 Å². The van der Waals surface area contributed by atoms with Crippen LogP contribution < -0.4 is 20.1 Å². The van der Waals surface area contributed by atoms with Gasteiger partial charge in [0.05, 0.1) is 0 Å². The van der Waals surface area contributed by atoms with Crippen LogP contribution in [0.5, 0.6) is 11.5 Å². The molecule has 7 nitrogen and oxygen atoms in total. The second-order valence-electron chi connectivity index (χ2n) is 8.02. The minimum absolute atomic E-state index is 0.0427. The van der Waals surface area contributed by atoms with E-state index in [1.54, 1.807) is 48.5 Å². The lowest BCUT2D eigenvalue weighted by Crippen LogP contribution is -2.34. The lowest BCUT2D eigenvalue weighted by atomic mass is 10.2. The molecule has 0 atom stereocenters. The number of para-hydroxylation sites is 1. The maximum absolute atomic E-state index is 12.5. The van der Waals surface area contributed by atoms with Crippen molar-refractivity contribution >= 4 is 34.8 Å². The molecule has 35 heavy (non-hydrogen) atoms. The van der Waals surface area contributed by atoms with Crippen LogP contribution in [-0.4, -0.2) is 48.1 Å². The normalized spacial score (nSPS) is 12.6. The average molecular weight is 490 g/mol. The number of hydrogen-bond acceptors (Lipinski definition) is 5. The second-order valence-corrected chi connectivity index (χ2v) is 8.43. The number of ether oxygens (including phenoxy) is 2. The number of carbonyl (C=O) groups excluding carboxylic acids is 2. The smallest absolute Gasteiger partial charge is 0.257 e. The van der Waals surface area contributed by atoms with E-state index in [0.29, 0.717) is 35.8 Å². The van der Waals surface area contributed by atoms with Crippen molar-refractivity contribution in [3.05, 3.63) is 90.0 Å². The van der Waals surface area contributed by atoms with Crippen LogP contribution in [0.3, 0.4) is 0 Å². The Morgan fingerprint density at radius 1 is 0.771 bits per heavy atom. The summed E-state index contributed by atoms with van der Waals surface area (Å²) in [6, 6.07) is 23.4. The summed E-state index contributed by atoms with van der Waals surface area (Å²) < 4.78 is 11.3. The van der Waals surface area contributed by atoms with Crippen LogP contribution >= 0.6 is 12.2 Å². The minimum Gasteiger partial charge on any atom is -0.490 e. The SMILES string of the molecule is O=C(NC(=S)Nc1ccc(C(=O)N2CCCC2)cc1)c1ccc(OCCOc2ccccc2)cc1. The zero-order valence-corrected chi connectivity index (χ0v) is 20.1. The predicted octanol–water partition coefficient (Wildman–Crippen LogP) is 4.51. The largest absolute Gasteiger partial charge is 0.490 e. The van der Waals surface area contributed by atoms with Crippen molar-refractivity contribution in [2.45, 2.75) is 12.8 Å². The van der Waals surface area contributed by atoms with Crippen molar-refractivity contribution in [3.8, 4) is 11.5 Å². The van der Waals surface area contributed by atoms with Gasteiger partial charge in [0.2, 0.25) is 0 Å². The molecular weight excluding hydrogens is 462 g/mol. The molecule has 0 bridgehead atoms. The number of benzene rings is 3. The van der Waals surface area contributed by atoms with Gasteiger partial charge in [-0.3, -0.25) is 14.9 Å². The number of nitrogens with one attached hydrogen (secondary N) is 2. The van der Waals surface area contributed by atoms with Crippen molar-refractivity contribution < 1.29 is 19.1 Å². The lowest BCUT2D eigenvalue weighted by molar-refractivity contribution is 0.0792. The second kappa shape index (κ2) is 12.0. The van der Waals surface area contributed by atoms with E-state index in [0.717, 1.165) is 31.7 Å². The summed E-state index contributed by atoms with van der Waals surface area (Å²) in [6.45, 7) is 2.42. The molecule has 0 aromatic heterocycles. The van der Waals surface area contributed by atoms with Gasteiger partial charge in [0.1, 0.15) is 24.7 Å². The van der Waals surface area contributed by atoms with Crippen LogP contribution in [0.15, 0.2) is 78.9 Å². The molecule has 0 saturated carbocycles. The van der Waals surface area contributed by atoms with Crippen LogP contribution in [0.4, 0.5) is 5.69 Å². The topological polar surface area (TPSA) is 79.9 Å². The number of amides is 2. The number of nitrogens with zero attached hydrogens (tertiary/aromatic N) is 1. The van der Waals surface area contributed by atoms with E-state index in [1.165, 1.54) is 0 Å². The van der Waals surface area contributed by atoms with Crippen molar-refractivity contribution in [3.63, 3.8) is 0 Å². The van der Waals surface area contributed by atoms with E-state index in [4.69, 9.17) is 21.7 Å². The molecule has 0 radical (unpaired) electrons. The van der Waals surface area contributed by atoms with Gasteiger partial charge in [-0.05, 0) is 85.7 Å². The molecular formula is C27H27N3O4S. The molecule has 1 fully saturated rings. The van der Waals surface area contributed by atoms with Gasteiger partial charge in [-0.15, -0.1) is 0 Å². The Balaban J connectivity index is 1.20. The highest BCUT2D eigenvalue weighted by Gasteiger charge is 2.19. The van der Waals surface area contributed by atoms with Gasteiger partial charge in [0.15, 0.2) is 5.11 Å². The molecule has 1 heterocycles. The van der Waals surface area contributed by atoms with Gasteiger partial charge in [0, 0.05) is 29.9 Å². The highest BCUT2D eigenvalue weighted by molar-refractivity contribution is 7.80. The van der Waals surface area contributed by atoms with E-state index >= 15 is 0 Å². The van der Waals surface area contributed by atoms with Crippen molar-refractivity contribution in [2.75, 3.05) is 31.6 Å². The summed E-state index contributed by atoms with van der Waals surface area (Å²) in [5.74, 6) is 1.14. The maximum Gasteiger partial charge on any atom is 0.257 e. The van der Waals surface area contributed by atoms with Crippen LogP contribution in [0.1, 0.15) is 33.6 Å². The summed E-state index contributed by atoms with van der Waals surface area (Å²) in [4.78, 5) is 26.8. The van der Waals surface area contributed by atoms with E-state index in [-0.39, 0.29) is 16.9 Å². The first-order valence-electron chi connectivity index (χ1n) is 11.5. The standard InChI is InChI=1S/C27H27N3O4S/c31-25(20-10-14-24(15-11-20)34-19-18-33-23-6-2-1-3-7-23)29-27(35)28-22-12-8-21(9-13-22)26(32)30-16-4-5-17-30/h1-3,6-15H,4-5,16-19H2,(H2,28,29,31,35). The highest BCUT2D eigenvalue weighted by atomic mass is 32.1. The maximum atomic E-state index is 12.5. The Bertz CT molecular complexity index is 1150. The van der Waals surface area contributed by atoms with Gasteiger partial charge in [-0.2, -0.15) is 0 Å². The molecule has 0 unspecified atom stereocenters. The molecule has 1 saturated heterocycles. The molecule has 0 aliphatic carbocycles. The van der Waals surface area contributed by atoms with E-state index in [1.807, 2.05) is 35.2 Å². The Morgan fingerprint density at radius 3 is 1.97 bits per heavy atom. The minimum atomic E-state index is -0.331. The molecule has 8 heteroatoms. The molecule has 3 aromatic carbocycles. The van der Waals surface area contributed by atoms with Crippen LogP contribution in [0, 0.1) is 0 Å². The van der Waals surface area contributed by atoms with Crippen LogP contribution in [0.2, 0.25) is 0 Å². The summed E-state index contributed by atoms with van der Waals surface area (Å²) in [7, 11) is 0. The Kier molecular flexibility index (Phi) is 8.30. The first kappa shape index (κ1) is 24.2. The summed E-state index contributed by atoms with van der Waals surface area (Å²) in [5.41, 5.74) is 1.78. The van der Waals surface area contributed by atoms with Gasteiger partial charge >= 0.3 is 0 Å². The van der Waals surface area contributed by atoms with Gasteiger partial charge in [0.25, 0.3) is 11.8 Å². The molecule has 4 rings (SSSR count). The third-order valence-electron chi connectivity index (χ3n) is 5.49. The zero-order chi connectivity index (χ0) is 24.5. The Morgan fingerprint density at radius 2 is 1.34 bits per heavy atom. The number of likely N-dealkylation sites (tertiary alicyclic amines) is 1. The fourth-order valence-electron chi connectivity index (χ4n) is 3.67. The summed E-state index contributed by atoms with van der Waals surface area (Å²) in [6.07, 6.45) is 2.11. The average Bonchev–Trinajstić information content (AvgIpc) is 3.43. The van der Waals surface area contributed by atoms with E-state index in [9.17, 15) is 9.59 Å². The third kappa shape index (κ3) is 7.04. The molecule has 1 aliphatic rings. The van der Waals surface area contributed by atoms with Gasteiger partial charge in [-0.1, -0.05) is 18.2 Å². The molecule has 2 amide bonds. The lowest BCUT2D eigenvalue weighted by Gasteiger charge is -2.15.